The van der Waals surface area contributed by atoms with Gasteiger partial charge in [-0.3, -0.25) is 0 Å². The molecule has 0 unspecified atom stereocenters. The molecule has 0 spiro atoms. The Hall–Kier alpha value is -1.28. The molecule has 2 heteroatoms. The van der Waals surface area contributed by atoms with Crippen LogP contribution in [0.15, 0.2) is 36.4 Å². The second-order valence-corrected chi connectivity index (χ2v) is 3.57. The predicted molar refractivity (Wildman–Crippen MR) is 55.5 cm³/mol. The van der Waals surface area contributed by atoms with Crippen LogP contribution in [0.5, 0.6) is 5.75 Å². The Morgan fingerprint density at radius 2 is 2.21 bits per heavy atom. The smallest absolute Gasteiger partial charge is 0.119 e. The Morgan fingerprint density at radius 3 is 2.86 bits per heavy atom. The summed E-state index contributed by atoms with van der Waals surface area (Å²) < 4.78 is 5.15. The summed E-state index contributed by atoms with van der Waals surface area (Å²) in [7, 11) is 1.67. The van der Waals surface area contributed by atoms with Crippen LogP contribution in [0.3, 0.4) is 0 Å². The van der Waals surface area contributed by atoms with Gasteiger partial charge in [0, 0.05) is 5.92 Å². The molecule has 74 valence electrons. The molecule has 1 N–H and O–H groups in total. The molecule has 1 aromatic carbocycles. The van der Waals surface area contributed by atoms with Crippen molar-refractivity contribution in [2.24, 2.45) is 0 Å². The first-order chi connectivity index (χ1) is 6.79. The van der Waals surface area contributed by atoms with E-state index in [4.69, 9.17) is 4.74 Å². The first-order valence-electron chi connectivity index (χ1n) is 4.80. The molecular formula is C12H14O2. The van der Waals surface area contributed by atoms with Crippen molar-refractivity contribution in [2.75, 3.05) is 7.11 Å². The second-order valence-electron chi connectivity index (χ2n) is 3.57. The molecule has 2 nitrogen and oxygen atoms in total. The highest BCUT2D eigenvalue weighted by Crippen LogP contribution is 2.30. The number of hydrogen-bond acceptors (Lipinski definition) is 2. The molecule has 0 saturated carbocycles. The van der Waals surface area contributed by atoms with Gasteiger partial charge in [0.25, 0.3) is 0 Å². The molecule has 1 aromatic rings. The number of methoxy groups -OCH3 is 1. The largest absolute Gasteiger partial charge is 0.497 e. The number of hydrogen-bond donors (Lipinski definition) is 1. The number of aliphatic hydroxyl groups excluding tert-OH is 1. The summed E-state index contributed by atoms with van der Waals surface area (Å²) in [5.74, 6) is 1.21. The Balaban J connectivity index is 2.20. The molecule has 0 aromatic heterocycles. The SMILES string of the molecule is COc1cccc([C@H]2C=C[C@H](O)C2)c1. The lowest BCUT2D eigenvalue weighted by Gasteiger charge is -2.10. The minimum absolute atomic E-state index is 0.286. The van der Waals surface area contributed by atoms with E-state index in [2.05, 4.69) is 12.1 Å². The van der Waals surface area contributed by atoms with Crippen molar-refractivity contribution >= 4 is 0 Å². The van der Waals surface area contributed by atoms with Crippen molar-refractivity contribution in [1.29, 1.82) is 0 Å². The van der Waals surface area contributed by atoms with E-state index >= 15 is 0 Å². The lowest BCUT2D eigenvalue weighted by molar-refractivity contribution is 0.218. The zero-order valence-electron chi connectivity index (χ0n) is 8.18. The molecular weight excluding hydrogens is 176 g/mol. The lowest BCUT2D eigenvalue weighted by atomic mass is 9.98. The van der Waals surface area contributed by atoms with Crippen LogP contribution in [0.1, 0.15) is 17.9 Å². The number of allylic oxidation sites excluding steroid dienone is 1. The zero-order valence-corrected chi connectivity index (χ0v) is 8.18. The topological polar surface area (TPSA) is 29.5 Å². The lowest BCUT2D eigenvalue weighted by Crippen LogP contribution is -2.00. The third kappa shape index (κ3) is 1.80. The minimum atomic E-state index is -0.286. The highest BCUT2D eigenvalue weighted by Gasteiger charge is 2.18. The Bertz CT molecular complexity index is 344. The Morgan fingerprint density at radius 1 is 1.36 bits per heavy atom. The van der Waals surface area contributed by atoms with E-state index in [-0.39, 0.29) is 6.10 Å². The molecule has 0 fully saturated rings. The molecule has 2 atom stereocenters. The summed E-state index contributed by atoms with van der Waals surface area (Å²) in [5, 5.41) is 9.37. The quantitative estimate of drug-likeness (QED) is 0.724. The van der Waals surface area contributed by atoms with Gasteiger partial charge < -0.3 is 9.84 Å². The maximum absolute atomic E-state index is 9.37. The van der Waals surface area contributed by atoms with Crippen molar-refractivity contribution in [3.8, 4) is 5.75 Å². The van der Waals surface area contributed by atoms with Crippen LogP contribution in [0.4, 0.5) is 0 Å². The number of ether oxygens (including phenoxy) is 1. The van der Waals surface area contributed by atoms with Crippen LogP contribution in [0.2, 0.25) is 0 Å². The van der Waals surface area contributed by atoms with Crippen molar-refractivity contribution in [3.63, 3.8) is 0 Å². The summed E-state index contributed by atoms with van der Waals surface area (Å²) in [6, 6.07) is 7.99. The van der Waals surface area contributed by atoms with Gasteiger partial charge in [0.2, 0.25) is 0 Å². The van der Waals surface area contributed by atoms with E-state index in [0.717, 1.165) is 12.2 Å². The summed E-state index contributed by atoms with van der Waals surface area (Å²) >= 11 is 0. The summed E-state index contributed by atoms with van der Waals surface area (Å²) in [6.45, 7) is 0. The van der Waals surface area contributed by atoms with Crippen molar-refractivity contribution in [1.82, 2.24) is 0 Å². The van der Waals surface area contributed by atoms with E-state index in [1.807, 2.05) is 24.3 Å². The minimum Gasteiger partial charge on any atom is -0.497 e. The highest BCUT2D eigenvalue weighted by atomic mass is 16.5. The first kappa shape index (κ1) is 9.28. The molecule has 0 radical (unpaired) electrons. The number of rotatable bonds is 2. The van der Waals surface area contributed by atoms with Crippen LogP contribution in [-0.4, -0.2) is 18.3 Å². The van der Waals surface area contributed by atoms with E-state index < -0.39 is 0 Å². The molecule has 0 heterocycles. The predicted octanol–water partition coefficient (Wildman–Crippen LogP) is 2.10. The molecule has 0 aliphatic heterocycles. The van der Waals surface area contributed by atoms with Gasteiger partial charge in [-0.2, -0.15) is 0 Å². The van der Waals surface area contributed by atoms with E-state index in [0.29, 0.717) is 5.92 Å². The van der Waals surface area contributed by atoms with E-state index in [9.17, 15) is 5.11 Å². The summed E-state index contributed by atoms with van der Waals surface area (Å²) in [4.78, 5) is 0. The normalized spacial score (nSPS) is 25.3. The summed E-state index contributed by atoms with van der Waals surface area (Å²) in [5.41, 5.74) is 1.21. The van der Waals surface area contributed by atoms with Crippen LogP contribution >= 0.6 is 0 Å². The average molecular weight is 190 g/mol. The number of aliphatic hydroxyl groups is 1. The van der Waals surface area contributed by atoms with Gasteiger partial charge in [-0.1, -0.05) is 24.3 Å². The Kier molecular flexibility index (Phi) is 2.55. The second kappa shape index (κ2) is 3.84. The standard InChI is InChI=1S/C12H14O2/c1-14-12-4-2-3-9(8-12)10-5-6-11(13)7-10/h2-6,8,10-11,13H,7H2,1H3/t10-,11-/m0/s1. The fourth-order valence-corrected chi connectivity index (χ4v) is 1.80. The van der Waals surface area contributed by atoms with Gasteiger partial charge in [-0.05, 0) is 24.1 Å². The molecule has 1 aliphatic rings. The van der Waals surface area contributed by atoms with Gasteiger partial charge in [-0.15, -0.1) is 0 Å². The maximum Gasteiger partial charge on any atom is 0.119 e. The summed E-state index contributed by atoms with van der Waals surface area (Å²) in [6.07, 6.45) is 4.41. The van der Waals surface area contributed by atoms with E-state index in [1.165, 1.54) is 5.56 Å². The molecule has 0 amide bonds. The van der Waals surface area contributed by atoms with Crippen LogP contribution < -0.4 is 4.74 Å². The van der Waals surface area contributed by atoms with Gasteiger partial charge in [0.1, 0.15) is 5.75 Å². The first-order valence-corrected chi connectivity index (χ1v) is 4.80. The average Bonchev–Trinajstić information content (AvgIpc) is 2.65. The zero-order chi connectivity index (χ0) is 9.97. The maximum atomic E-state index is 9.37. The van der Waals surface area contributed by atoms with Gasteiger partial charge in [0.15, 0.2) is 0 Å². The molecule has 2 rings (SSSR count). The van der Waals surface area contributed by atoms with Gasteiger partial charge >= 0.3 is 0 Å². The third-order valence-electron chi connectivity index (χ3n) is 2.58. The van der Waals surface area contributed by atoms with Crippen LogP contribution in [0, 0.1) is 0 Å². The highest BCUT2D eigenvalue weighted by molar-refractivity contribution is 5.34. The molecule has 0 bridgehead atoms. The fourth-order valence-electron chi connectivity index (χ4n) is 1.80. The third-order valence-corrected chi connectivity index (χ3v) is 2.58. The molecule has 14 heavy (non-hydrogen) atoms. The van der Waals surface area contributed by atoms with Gasteiger partial charge in [-0.25, -0.2) is 0 Å². The molecule has 0 saturated heterocycles. The number of benzene rings is 1. The fraction of sp³-hybridized carbons (Fsp3) is 0.333. The van der Waals surface area contributed by atoms with E-state index in [1.54, 1.807) is 7.11 Å². The monoisotopic (exact) mass is 190 g/mol. The van der Waals surface area contributed by atoms with Crippen molar-refractivity contribution < 1.29 is 9.84 Å². The van der Waals surface area contributed by atoms with Crippen molar-refractivity contribution in [2.45, 2.75) is 18.4 Å². The Labute approximate surface area is 83.8 Å². The molecule has 1 aliphatic carbocycles. The van der Waals surface area contributed by atoms with Crippen LogP contribution in [-0.2, 0) is 0 Å². The van der Waals surface area contributed by atoms with Crippen LogP contribution in [0.25, 0.3) is 0 Å². The van der Waals surface area contributed by atoms with Gasteiger partial charge in [0.05, 0.1) is 13.2 Å². The van der Waals surface area contributed by atoms with Crippen molar-refractivity contribution in [3.05, 3.63) is 42.0 Å².